The maximum absolute atomic E-state index is 5.41. The summed E-state index contributed by atoms with van der Waals surface area (Å²) in [6.45, 7) is 4.80. The van der Waals surface area contributed by atoms with Gasteiger partial charge < -0.3 is 14.4 Å². The highest BCUT2D eigenvalue weighted by Crippen LogP contribution is 2.33. The second-order valence-corrected chi connectivity index (χ2v) is 6.12. The monoisotopic (exact) mass is 291 g/mol. The first-order chi connectivity index (χ1) is 9.83. The fraction of sp³-hybridized carbons (Fsp3) is 0.533. The highest BCUT2D eigenvalue weighted by Gasteiger charge is 2.17. The maximum Gasteiger partial charge on any atom is 0.112 e. The molecular weight excluding hydrogens is 270 g/mol. The minimum Gasteiger partial charge on any atom is -0.367 e. The quantitative estimate of drug-likeness (QED) is 0.847. The first kappa shape index (κ1) is 13.8. The molecule has 0 aliphatic carbocycles. The Morgan fingerprint density at radius 2 is 2.30 bits per heavy atom. The number of rotatable bonds is 2. The van der Waals surface area contributed by atoms with E-state index in [9.17, 15) is 0 Å². The minimum atomic E-state index is 0.730. The zero-order chi connectivity index (χ0) is 13.8. The summed E-state index contributed by atoms with van der Waals surface area (Å²) in [6.07, 6.45) is 3.51. The van der Waals surface area contributed by atoms with E-state index in [1.807, 2.05) is 0 Å². The Kier molecular flexibility index (Phi) is 4.47. The molecule has 1 aromatic carbocycles. The van der Waals surface area contributed by atoms with Crippen LogP contribution in [0.2, 0.25) is 0 Å². The molecule has 2 heterocycles. The van der Waals surface area contributed by atoms with Gasteiger partial charge in [0.05, 0.1) is 24.5 Å². The molecule has 0 amide bonds. The number of aryl methyl sites for hydroxylation is 1. The molecule has 0 spiro atoms. The Hall–Kier alpha value is -1.20. The normalized spacial score (nSPS) is 19.6. The fourth-order valence-electron chi connectivity index (χ4n) is 2.48. The SMILES string of the molecule is Cc1ccc(N2CCOCS2)c(NC2=NCCCC2)c1. The van der Waals surface area contributed by atoms with Crippen molar-refractivity contribution in [3.63, 3.8) is 0 Å². The summed E-state index contributed by atoms with van der Waals surface area (Å²) in [7, 11) is 0. The number of nitrogens with zero attached hydrogens (tertiary/aromatic N) is 2. The number of hydrogen-bond acceptors (Lipinski definition) is 5. The highest BCUT2D eigenvalue weighted by molar-refractivity contribution is 8.00. The summed E-state index contributed by atoms with van der Waals surface area (Å²) < 4.78 is 7.73. The molecule has 4 nitrogen and oxygen atoms in total. The van der Waals surface area contributed by atoms with Gasteiger partial charge in [0.25, 0.3) is 0 Å². The van der Waals surface area contributed by atoms with E-state index in [1.54, 1.807) is 11.9 Å². The van der Waals surface area contributed by atoms with Crippen molar-refractivity contribution in [2.24, 2.45) is 4.99 Å². The Balaban J connectivity index is 1.83. The molecule has 20 heavy (non-hydrogen) atoms. The largest absolute Gasteiger partial charge is 0.367 e. The van der Waals surface area contributed by atoms with Gasteiger partial charge in [0.2, 0.25) is 0 Å². The third kappa shape index (κ3) is 3.27. The van der Waals surface area contributed by atoms with Crippen LogP contribution in [-0.4, -0.2) is 31.5 Å². The second-order valence-electron chi connectivity index (χ2n) is 5.19. The van der Waals surface area contributed by atoms with Crippen LogP contribution in [0.4, 0.5) is 11.4 Å². The lowest BCUT2D eigenvalue weighted by atomic mass is 10.1. The molecule has 1 N–H and O–H groups in total. The van der Waals surface area contributed by atoms with Crippen molar-refractivity contribution in [1.82, 2.24) is 0 Å². The fourth-order valence-corrected chi connectivity index (χ4v) is 3.31. The highest BCUT2D eigenvalue weighted by atomic mass is 32.2. The molecule has 0 radical (unpaired) electrons. The molecule has 3 rings (SSSR count). The lowest BCUT2D eigenvalue weighted by Crippen LogP contribution is -2.27. The average molecular weight is 291 g/mol. The molecule has 2 aliphatic rings. The van der Waals surface area contributed by atoms with Crippen molar-refractivity contribution >= 4 is 29.2 Å². The predicted molar refractivity (Wildman–Crippen MR) is 86.7 cm³/mol. The van der Waals surface area contributed by atoms with Gasteiger partial charge in [0.15, 0.2) is 0 Å². The number of anilines is 2. The van der Waals surface area contributed by atoms with Crippen LogP contribution in [-0.2, 0) is 4.74 Å². The van der Waals surface area contributed by atoms with Crippen LogP contribution in [0.25, 0.3) is 0 Å². The molecule has 1 aromatic rings. The Bertz CT molecular complexity index is 498. The molecule has 0 aromatic heterocycles. The van der Waals surface area contributed by atoms with Gasteiger partial charge in [-0.25, -0.2) is 0 Å². The Morgan fingerprint density at radius 1 is 1.35 bits per heavy atom. The van der Waals surface area contributed by atoms with Crippen LogP contribution in [0.15, 0.2) is 23.2 Å². The van der Waals surface area contributed by atoms with Crippen LogP contribution in [0.5, 0.6) is 0 Å². The van der Waals surface area contributed by atoms with Crippen LogP contribution in [0, 0.1) is 6.92 Å². The molecule has 0 atom stereocenters. The van der Waals surface area contributed by atoms with Gasteiger partial charge in [-0.1, -0.05) is 6.07 Å². The van der Waals surface area contributed by atoms with Gasteiger partial charge in [-0.05, 0) is 49.4 Å². The lowest BCUT2D eigenvalue weighted by molar-refractivity contribution is 0.185. The van der Waals surface area contributed by atoms with Crippen LogP contribution >= 0.6 is 11.9 Å². The molecule has 108 valence electrons. The van der Waals surface area contributed by atoms with E-state index in [-0.39, 0.29) is 0 Å². The predicted octanol–water partition coefficient (Wildman–Crippen LogP) is 3.43. The Morgan fingerprint density at radius 3 is 3.05 bits per heavy atom. The number of benzene rings is 1. The third-order valence-corrected chi connectivity index (χ3v) is 4.52. The first-order valence-corrected chi connectivity index (χ1v) is 8.16. The summed E-state index contributed by atoms with van der Waals surface area (Å²) >= 11 is 1.73. The molecule has 0 unspecified atom stereocenters. The number of amidine groups is 1. The van der Waals surface area contributed by atoms with Crippen molar-refractivity contribution in [1.29, 1.82) is 0 Å². The minimum absolute atomic E-state index is 0.730. The zero-order valence-electron chi connectivity index (χ0n) is 11.9. The second kappa shape index (κ2) is 6.50. The summed E-state index contributed by atoms with van der Waals surface area (Å²) in [5.74, 6) is 1.86. The smallest absolute Gasteiger partial charge is 0.112 e. The zero-order valence-corrected chi connectivity index (χ0v) is 12.7. The van der Waals surface area contributed by atoms with Gasteiger partial charge in [0.1, 0.15) is 11.8 Å². The van der Waals surface area contributed by atoms with E-state index in [1.165, 1.54) is 29.8 Å². The standard InChI is InChI=1S/C15H21N3OS/c1-12-5-6-14(18-8-9-19-11-20-18)13(10-12)17-15-4-2-3-7-16-15/h5-6,10H,2-4,7-9,11H2,1H3,(H,16,17). The van der Waals surface area contributed by atoms with E-state index in [0.717, 1.165) is 37.9 Å². The molecule has 0 saturated carbocycles. The first-order valence-electron chi connectivity index (χ1n) is 7.22. The van der Waals surface area contributed by atoms with Crippen molar-refractivity contribution in [2.75, 3.05) is 35.3 Å². The van der Waals surface area contributed by atoms with Crippen molar-refractivity contribution in [3.05, 3.63) is 23.8 Å². The van der Waals surface area contributed by atoms with Crippen LogP contribution in [0.1, 0.15) is 24.8 Å². The van der Waals surface area contributed by atoms with E-state index in [0.29, 0.717) is 0 Å². The van der Waals surface area contributed by atoms with Crippen molar-refractivity contribution in [3.8, 4) is 0 Å². The van der Waals surface area contributed by atoms with Crippen LogP contribution < -0.4 is 9.62 Å². The van der Waals surface area contributed by atoms with Gasteiger partial charge in [-0.3, -0.25) is 4.99 Å². The summed E-state index contributed by atoms with van der Waals surface area (Å²) in [5.41, 5.74) is 3.67. The average Bonchev–Trinajstić information content (AvgIpc) is 2.49. The number of aliphatic imine (C=N–C) groups is 1. The summed E-state index contributed by atoms with van der Waals surface area (Å²) in [4.78, 5) is 4.60. The lowest BCUT2D eigenvalue weighted by Gasteiger charge is -2.29. The van der Waals surface area contributed by atoms with Crippen molar-refractivity contribution in [2.45, 2.75) is 26.2 Å². The maximum atomic E-state index is 5.41. The van der Waals surface area contributed by atoms with E-state index < -0.39 is 0 Å². The number of nitrogens with one attached hydrogen (secondary N) is 1. The van der Waals surface area contributed by atoms with Gasteiger partial charge in [-0.2, -0.15) is 0 Å². The molecule has 0 bridgehead atoms. The van der Waals surface area contributed by atoms with E-state index in [2.05, 4.69) is 39.7 Å². The molecule has 1 fully saturated rings. The summed E-state index contributed by atoms with van der Waals surface area (Å²) in [6, 6.07) is 6.57. The van der Waals surface area contributed by atoms with E-state index >= 15 is 0 Å². The third-order valence-electron chi connectivity index (χ3n) is 3.55. The van der Waals surface area contributed by atoms with E-state index in [4.69, 9.17) is 4.74 Å². The van der Waals surface area contributed by atoms with Crippen LogP contribution in [0.3, 0.4) is 0 Å². The number of hydrogen-bond donors (Lipinski definition) is 1. The van der Waals surface area contributed by atoms with Gasteiger partial charge in [0, 0.05) is 13.0 Å². The Labute approximate surface area is 124 Å². The number of ether oxygens (including phenoxy) is 1. The molecule has 5 heteroatoms. The van der Waals surface area contributed by atoms with Gasteiger partial charge in [-0.15, -0.1) is 0 Å². The molecular formula is C15H21N3OS. The topological polar surface area (TPSA) is 36.9 Å². The van der Waals surface area contributed by atoms with Gasteiger partial charge >= 0.3 is 0 Å². The van der Waals surface area contributed by atoms with Crippen molar-refractivity contribution < 1.29 is 4.74 Å². The molecule has 1 saturated heterocycles. The molecule has 2 aliphatic heterocycles. The summed E-state index contributed by atoms with van der Waals surface area (Å²) in [5, 5.41) is 3.54.